The van der Waals surface area contributed by atoms with Gasteiger partial charge in [0.2, 0.25) is 29.5 Å². The third-order valence-electron chi connectivity index (χ3n) is 4.22. The van der Waals surface area contributed by atoms with Crippen molar-refractivity contribution in [2.75, 3.05) is 6.54 Å². The van der Waals surface area contributed by atoms with Crippen LogP contribution in [0, 0.1) is 0 Å². The molecule has 0 radical (unpaired) electrons. The molecule has 11 N–H and O–H groups in total. The van der Waals surface area contributed by atoms with Crippen molar-refractivity contribution in [2.45, 2.75) is 37.4 Å². The van der Waals surface area contributed by atoms with E-state index in [0.29, 0.717) is 5.56 Å². The number of rotatable bonds is 13. The molecule has 14 heteroatoms. The molecule has 0 fully saturated rings. The van der Waals surface area contributed by atoms with E-state index < -0.39 is 73.0 Å². The number of carbonyl (C=O) groups is 6. The molecule has 180 valence electrons. The first-order chi connectivity index (χ1) is 15.4. The third-order valence-corrected chi connectivity index (χ3v) is 4.22. The van der Waals surface area contributed by atoms with Gasteiger partial charge in [-0.1, -0.05) is 12.1 Å². The maximum atomic E-state index is 12.9. The van der Waals surface area contributed by atoms with Crippen LogP contribution in [0.2, 0.25) is 0 Å². The number of nitrogens with one attached hydrogen (secondary N) is 3. The SMILES string of the molecule is NC(=O)CC(N)C(=O)NC(Cc1ccc(O)cc1)C(=O)NC(CC(N)=O)C(=O)NCC(=O)O. The molecule has 1 aromatic rings. The Morgan fingerprint density at radius 2 is 1.36 bits per heavy atom. The molecule has 1 aromatic carbocycles. The van der Waals surface area contributed by atoms with E-state index >= 15 is 0 Å². The van der Waals surface area contributed by atoms with Crippen molar-refractivity contribution < 1.29 is 39.0 Å². The minimum absolute atomic E-state index is 0.0381. The normalized spacial score (nSPS) is 13.1. The predicted molar refractivity (Wildman–Crippen MR) is 112 cm³/mol. The van der Waals surface area contributed by atoms with E-state index in [2.05, 4.69) is 10.6 Å². The van der Waals surface area contributed by atoms with Gasteiger partial charge in [-0.15, -0.1) is 0 Å². The fraction of sp³-hybridized carbons (Fsp3) is 0.368. The summed E-state index contributed by atoms with van der Waals surface area (Å²) in [5, 5.41) is 24.7. The average Bonchev–Trinajstić information content (AvgIpc) is 2.71. The molecular formula is C19H26N6O8. The zero-order chi connectivity index (χ0) is 25.1. The molecule has 0 aromatic heterocycles. The zero-order valence-corrected chi connectivity index (χ0v) is 17.4. The highest BCUT2D eigenvalue weighted by Crippen LogP contribution is 2.12. The first kappa shape index (κ1) is 26.8. The first-order valence-electron chi connectivity index (χ1n) is 9.59. The smallest absolute Gasteiger partial charge is 0.322 e. The van der Waals surface area contributed by atoms with Gasteiger partial charge in [0.25, 0.3) is 0 Å². The lowest BCUT2D eigenvalue weighted by molar-refractivity contribution is -0.138. The van der Waals surface area contributed by atoms with E-state index in [1.165, 1.54) is 24.3 Å². The van der Waals surface area contributed by atoms with Gasteiger partial charge in [0, 0.05) is 6.42 Å². The molecule has 5 amide bonds. The number of amides is 5. The zero-order valence-electron chi connectivity index (χ0n) is 17.4. The van der Waals surface area contributed by atoms with E-state index in [4.69, 9.17) is 22.3 Å². The number of hydrogen-bond donors (Lipinski definition) is 8. The van der Waals surface area contributed by atoms with Crippen LogP contribution in [0.4, 0.5) is 0 Å². The Balaban J connectivity index is 3.07. The molecule has 3 unspecified atom stereocenters. The minimum Gasteiger partial charge on any atom is -0.508 e. The largest absolute Gasteiger partial charge is 0.508 e. The van der Waals surface area contributed by atoms with Crippen LogP contribution in [0.25, 0.3) is 0 Å². The van der Waals surface area contributed by atoms with Gasteiger partial charge in [0.1, 0.15) is 24.4 Å². The van der Waals surface area contributed by atoms with Crippen LogP contribution >= 0.6 is 0 Å². The molecule has 1 rings (SSSR count). The van der Waals surface area contributed by atoms with Gasteiger partial charge in [0.15, 0.2) is 0 Å². The maximum absolute atomic E-state index is 12.9. The van der Waals surface area contributed by atoms with E-state index in [1.807, 2.05) is 5.32 Å². The average molecular weight is 466 g/mol. The van der Waals surface area contributed by atoms with Gasteiger partial charge >= 0.3 is 5.97 Å². The number of aromatic hydroxyl groups is 1. The van der Waals surface area contributed by atoms with Crippen LogP contribution in [0.5, 0.6) is 5.75 Å². The van der Waals surface area contributed by atoms with E-state index in [1.54, 1.807) is 0 Å². The molecule has 3 atom stereocenters. The van der Waals surface area contributed by atoms with Crippen LogP contribution in [0.1, 0.15) is 18.4 Å². The molecule has 0 saturated carbocycles. The van der Waals surface area contributed by atoms with Gasteiger partial charge in [-0.25, -0.2) is 0 Å². The van der Waals surface area contributed by atoms with Crippen LogP contribution in [-0.4, -0.2) is 70.4 Å². The molecule has 0 heterocycles. The Morgan fingerprint density at radius 1 is 0.818 bits per heavy atom. The fourth-order valence-electron chi connectivity index (χ4n) is 2.63. The Kier molecular flexibility index (Phi) is 10.3. The summed E-state index contributed by atoms with van der Waals surface area (Å²) in [4.78, 5) is 70.4. The molecule has 14 nitrogen and oxygen atoms in total. The van der Waals surface area contributed by atoms with Gasteiger partial charge in [0.05, 0.1) is 18.9 Å². The number of aliphatic carboxylic acids is 1. The Labute approximate surface area is 187 Å². The second-order valence-corrected chi connectivity index (χ2v) is 7.05. The lowest BCUT2D eigenvalue weighted by atomic mass is 10.0. The summed E-state index contributed by atoms with van der Waals surface area (Å²) in [6.07, 6.45) is -1.25. The van der Waals surface area contributed by atoms with Crippen LogP contribution in [0.3, 0.4) is 0 Å². The van der Waals surface area contributed by atoms with Crippen molar-refractivity contribution in [1.29, 1.82) is 0 Å². The minimum atomic E-state index is -1.52. The quantitative estimate of drug-likeness (QED) is 0.141. The summed E-state index contributed by atoms with van der Waals surface area (Å²) in [7, 11) is 0. The first-order valence-corrected chi connectivity index (χ1v) is 9.59. The predicted octanol–water partition coefficient (Wildman–Crippen LogP) is -3.82. The highest BCUT2D eigenvalue weighted by molar-refractivity contribution is 5.96. The Morgan fingerprint density at radius 3 is 1.88 bits per heavy atom. The number of primary amides is 2. The molecule has 0 spiro atoms. The summed E-state index contributed by atoms with van der Waals surface area (Å²) < 4.78 is 0. The van der Waals surface area contributed by atoms with Crippen molar-refractivity contribution in [2.24, 2.45) is 17.2 Å². The Bertz CT molecular complexity index is 904. The Hall–Kier alpha value is -4.20. The number of phenols is 1. The lowest BCUT2D eigenvalue weighted by Crippen LogP contribution is -2.57. The number of benzene rings is 1. The molecule has 0 aliphatic rings. The number of carboxylic acids is 1. The monoisotopic (exact) mass is 466 g/mol. The van der Waals surface area contributed by atoms with Crippen molar-refractivity contribution in [3.63, 3.8) is 0 Å². The molecular weight excluding hydrogens is 440 g/mol. The van der Waals surface area contributed by atoms with E-state index in [0.717, 1.165) is 0 Å². The van der Waals surface area contributed by atoms with Crippen molar-refractivity contribution in [1.82, 2.24) is 16.0 Å². The summed E-state index contributed by atoms with van der Waals surface area (Å²) in [6.45, 7) is -0.764. The molecule has 33 heavy (non-hydrogen) atoms. The molecule has 0 saturated heterocycles. The van der Waals surface area contributed by atoms with Gasteiger partial charge in [-0.3, -0.25) is 28.8 Å². The van der Waals surface area contributed by atoms with Crippen LogP contribution < -0.4 is 33.2 Å². The fourth-order valence-corrected chi connectivity index (χ4v) is 2.63. The summed E-state index contributed by atoms with van der Waals surface area (Å²) in [6, 6.07) is 1.45. The highest BCUT2D eigenvalue weighted by atomic mass is 16.4. The van der Waals surface area contributed by atoms with E-state index in [9.17, 15) is 33.9 Å². The van der Waals surface area contributed by atoms with Gasteiger partial charge < -0.3 is 43.4 Å². The van der Waals surface area contributed by atoms with Gasteiger partial charge in [-0.2, -0.15) is 0 Å². The molecule has 0 bridgehead atoms. The number of carboxylic acid groups (broad SMARTS) is 1. The maximum Gasteiger partial charge on any atom is 0.322 e. The van der Waals surface area contributed by atoms with Gasteiger partial charge in [-0.05, 0) is 17.7 Å². The second-order valence-electron chi connectivity index (χ2n) is 7.05. The summed E-state index contributed by atoms with van der Waals surface area (Å²) in [5.41, 5.74) is 16.2. The standard InChI is InChI=1S/C19H26N6O8/c20-11(6-14(21)27)17(31)24-12(5-9-1-3-10(26)4-2-9)19(33)25-13(7-15(22)28)18(32)23-8-16(29)30/h1-4,11-13,26H,5-8,20H2,(H2,21,27)(H2,22,28)(H,23,32)(H,24,31)(H,25,33)(H,29,30). The number of hydrogen-bond acceptors (Lipinski definition) is 8. The highest BCUT2D eigenvalue weighted by Gasteiger charge is 2.29. The third kappa shape index (κ3) is 10.1. The summed E-state index contributed by atoms with van der Waals surface area (Å²) in [5.74, 6) is -5.96. The number of carbonyl (C=O) groups excluding carboxylic acids is 5. The topological polar surface area (TPSA) is 257 Å². The molecule has 0 aliphatic carbocycles. The van der Waals surface area contributed by atoms with Crippen LogP contribution in [-0.2, 0) is 35.2 Å². The second kappa shape index (κ2) is 12.6. The molecule has 0 aliphatic heterocycles. The summed E-state index contributed by atoms with van der Waals surface area (Å²) >= 11 is 0. The number of nitrogens with two attached hydrogens (primary N) is 3. The lowest BCUT2D eigenvalue weighted by Gasteiger charge is -2.23. The van der Waals surface area contributed by atoms with Crippen molar-refractivity contribution in [3.8, 4) is 5.75 Å². The van der Waals surface area contributed by atoms with Crippen LogP contribution in [0.15, 0.2) is 24.3 Å². The van der Waals surface area contributed by atoms with Crippen molar-refractivity contribution >= 4 is 35.5 Å². The van der Waals surface area contributed by atoms with Crippen molar-refractivity contribution in [3.05, 3.63) is 29.8 Å². The number of phenolic OH excluding ortho intramolecular Hbond substituents is 1. The van der Waals surface area contributed by atoms with E-state index in [-0.39, 0.29) is 12.2 Å².